The van der Waals surface area contributed by atoms with Crippen molar-refractivity contribution < 1.29 is 9.22 Å². The molecule has 0 amide bonds. The van der Waals surface area contributed by atoms with Crippen LogP contribution in [-0.2, 0) is 6.42 Å². The molecule has 0 atom stereocenters. The average Bonchev–Trinajstić information content (AvgIpc) is 2.27. The van der Waals surface area contributed by atoms with Gasteiger partial charge in [-0.05, 0) is 54.7 Å². The summed E-state index contributed by atoms with van der Waals surface area (Å²) in [7, 11) is -1.79. The van der Waals surface area contributed by atoms with Crippen LogP contribution < -0.4 is 4.43 Å². The van der Waals surface area contributed by atoms with Crippen LogP contribution in [0.2, 0.25) is 18.1 Å². The number of carbonyl (C=O) groups excluding carboxylic acids is 1. The maximum atomic E-state index is 11.8. The number of hydrogen-bond acceptors (Lipinski definition) is 2. The summed E-state index contributed by atoms with van der Waals surface area (Å²) in [6.07, 6.45) is 2.65. The first-order valence-electron chi connectivity index (χ1n) is 7.06. The molecule has 0 unspecified atom stereocenters. The lowest BCUT2D eigenvalue weighted by Crippen LogP contribution is -2.43. The third kappa shape index (κ3) is 2.91. The monoisotopic (exact) mass is 276 g/mol. The van der Waals surface area contributed by atoms with Gasteiger partial charge in [0.05, 0.1) is 0 Å². The molecule has 2 rings (SSSR count). The fraction of sp³-hybridized carbons (Fsp3) is 0.562. The van der Waals surface area contributed by atoms with E-state index < -0.39 is 8.32 Å². The maximum Gasteiger partial charge on any atom is 0.250 e. The Bertz CT molecular complexity index is 498. The molecular formula is C16H24O2Si. The fourth-order valence-electron chi connectivity index (χ4n) is 2.13. The zero-order valence-electron chi connectivity index (χ0n) is 12.7. The standard InChI is InChI=1S/C16H24O2Si/c1-16(2,3)19(4,5)18-13-9-10-14-12(11-13)7-6-8-15(14)17/h9-11H,6-8H2,1-5H3. The van der Waals surface area contributed by atoms with Crippen molar-refractivity contribution in [3.05, 3.63) is 29.3 Å². The Morgan fingerprint density at radius 2 is 1.84 bits per heavy atom. The van der Waals surface area contributed by atoms with Gasteiger partial charge in [-0.25, -0.2) is 0 Å². The summed E-state index contributed by atoms with van der Waals surface area (Å²) in [5.41, 5.74) is 2.06. The van der Waals surface area contributed by atoms with E-state index in [4.69, 9.17) is 4.43 Å². The van der Waals surface area contributed by atoms with E-state index in [1.807, 2.05) is 12.1 Å². The minimum atomic E-state index is -1.79. The Morgan fingerprint density at radius 1 is 1.16 bits per heavy atom. The Morgan fingerprint density at radius 3 is 2.47 bits per heavy atom. The van der Waals surface area contributed by atoms with Gasteiger partial charge in [0.25, 0.3) is 0 Å². The first kappa shape index (κ1) is 14.3. The highest BCUT2D eigenvalue weighted by Crippen LogP contribution is 2.38. The zero-order valence-corrected chi connectivity index (χ0v) is 13.7. The number of carbonyl (C=O) groups is 1. The molecule has 0 aromatic heterocycles. The van der Waals surface area contributed by atoms with Gasteiger partial charge in [-0.2, -0.15) is 0 Å². The van der Waals surface area contributed by atoms with Crippen LogP contribution in [0.15, 0.2) is 18.2 Å². The van der Waals surface area contributed by atoms with E-state index in [9.17, 15) is 4.79 Å². The van der Waals surface area contributed by atoms with Crippen molar-refractivity contribution in [2.45, 2.75) is 58.2 Å². The average molecular weight is 276 g/mol. The smallest absolute Gasteiger partial charge is 0.250 e. The third-order valence-electron chi connectivity index (χ3n) is 4.41. The summed E-state index contributed by atoms with van der Waals surface area (Å²) < 4.78 is 6.30. The number of fused-ring (bicyclic) bond motifs is 1. The summed E-state index contributed by atoms with van der Waals surface area (Å²) in [6.45, 7) is 11.2. The van der Waals surface area contributed by atoms with Crippen molar-refractivity contribution in [1.82, 2.24) is 0 Å². The molecule has 0 saturated heterocycles. The van der Waals surface area contributed by atoms with Gasteiger partial charge in [0.2, 0.25) is 8.32 Å². The first-order chi connectivity index (χ1) is 8.71. The summed E-state index contributed by atoms with van der Waals surface area (Å²) in [5.74, 6) is 1.21. The molecule has 1 aliphatic rings. The second-order valence-electron chi connectivity index (χ2n) is 6.96. The van der Waals surface area contributed by atoms with Crippen molar-refractivity contribution >= 4 is 14.1 Å². The summed E-state index contributed by atoms with van der Waals surface area (Å²) in [4.78, 5) is 11.8. The number of benzene rings is 1. The highest BCUT2D eigenvalue weighted by molar-refractivity contribution is 6.74. The summed E-state index contributed by atoms with van der Waals surface area (Å²) >= 11 is 0. The van der Waals surface area contributed by atoms with Crippen molar-refractivity contribution in [2.24, 2.45) is 0 Å². The molecule has 0 N–H and O–H groups in total. The Hall–Kier alpha value is -1.09. The molecule has 19 heavy (non-hydrogen) atoms. The van der Waals surface area contributed by atoms with Gasteiger partial charge in [-0.3, -0.25) is 4.79 Å². The second kappa shape index (κ2) is 4.78. The molecule has 1 aliphatic carbocycles. The van der Waals surface area contributed by atoms with Crippen molar-refractivity contribution in [3.8, 4) is 5.75 Å². The molecule has 0 saturated carbocycles. The van der Waals surface area contributed by atoms with Crippen LogP contribution in [0, 0.1) is 0 Å². The quantitative estimate of drug-likeness (QED) is 0.738. The molecule has 2 nitrogen and oxygen atoms in total. The van der Waals surface area contributed by atoms with Crippen LogP contribution in [-0.4, -0.2) is 14.1 Å². The minimum absolute atomic E-state index is 0.193. The lowest BCUT2D eigenvalue weighted by molar-refractivity contribution is 0.0972. The predicted octanol–water partition coefficient (Wildman–Crippen LogP) is 4.59. The molecule has 1 aromatic carbocycles. The van der Waals surface area contributed by atoms with E-state index in [-0.39, 0.29) is 10.8 Å². The predicted molar refractivity (Wildman–Crippen MR) is 81.5 cm³/mol. The normalized spacial score (nSPS) is 16.2. The molecule has 0 aliphatic heterocycles. The lowest BCUT2D eigenvalue weighted by Gasteiger charge is -2.36. The fourth-order valence-corrected chi connectivity index (χ4v) is 3.16. The molecule has 0 fully saturated rings. The van der Waals surface area contributed by atoms with Gasteiger partial charge in [0, 0.05) is 12.0 Å². The molecule has 3 heteroatoms. The zero-order chi connectivity index (χ0) is 14.3. The van der Waals surface area contributed by atoms with E-state index in [0.717, 1.165) is 29.7 Å². The van der Waals surface area contributed by atoms with Crippen molar-refractivity contribution in [1.29, 1.82) is 0 Å². The Balaban J connectivity index is 2.26. The van der Waals surface area contributed by atoms with Crippen molar-refractivity contribution in [2.75, 3.05) is 0 Å². The number of ketones is 1. The van der Waals surface area contributed by atoms with Gasteiger partial charge in [-0.15, -0.1) is 0 Å². The van der Waals surface area contributed by atoms with E-state index >= 15 is 0 Å². The number of Topliss-reactive ketones (excluding diaryl/α,β-unsaturated/α-hetero) is 1. The number of rotatable bonds is 2. The SMILES string of the molecule is CC(C)(C)[Si](C)(C)Oc1ccc2c(c1)CCCC2=O. The summed E-state index contributed by atoms with van der Waals surface area (Å²) in [6, 6.07) is 5.98. The van der Waals surface area contributed by atoms with Crippen LogP contribution >= 0.6 is 0 Å². The lowest BCUT2D eigenvalue weighted by atomic mass is 9.91. The van der Waals surface area contributed by atoms with E-state index in [2.05, 4.69) is 39.9 Å². The molecule has 104 valence electrons. The van der Waals surface area contributed by atoms with Gasteiger partial charge in [-0.1, -0.05) is 20.8 Å². The van der Waals surface area contributed by atoms with Crippen LogP contribution in [0.5, 0.6) is 5.75 Å². The molecule has 0 heterocycles. The van der Waals surface area contributed by atoms with Crippen LogP contribution in [0.1, 0.15) is 49.5 Å². The molecular weight excluding hydrogens is 252 g/mol. The van der Waals surface area contributed by atoms with Crippen LogP contribution in [0.4, 0.5) is 0 Å². The van der Waals surface area contributed by atoms with E-state index in [1.165, 1.54) is 0 Å². The maximum absolute atomic E-state index is 11.8. The first-order valence-corrected chi connectivity index (χ1v) is 9.97. The minimum Gasteiger partial charge on any atom is -0.543 e. The van der Waals surface area contributed by atoms with Gasteiger partial charge < -0.3 is 4.43 Å². The molecule has 0 bridgehead atoms. The second-order valence-corrected chi connectivity index (χ2v) is 11.7. The van der Waals surface area contributed by atoms with Crippen LogP contribution in [0.3, 0.4) is 0 Å². The largest absolute Gasteiger partial charge is 0.543 e. The Kier molecular flexibility index (Phi) is 3.60. The number of aryl methyl sites for hydroxylation is 1. The topological polar surface area (TPSA) is 26.3 Å². The third-order valence-corrected chi connectivity index (χ3v) is 8.76. The number of hydrogen-bond donors (Lipinski definition) is 0. The Labute approximate surface area is 117 Å². The van der Waals surface area contributed by atoms with Crippen LogP contribution in [0.25, 0.3) is 0 Å². The van der Waals surface area contributed by atoms with E-state index in [1.54, 1.807) is 0 Å². The molecule has 0 spiro atoms. The summed E-state index contributed by atoms with van der Waals surface area (Å²) in [5, 5.41) is 0.193. The van der Waals surface area contributed by atoms with Gasteiger partial charge in [0.1, 0.15) is 5.75 Å². The van der Waals surface area contributed by atoms with E-state index in [0.29, 0.717) is 6.42 Å². The highest BCUT2D eigenvalue weighted by atomic mass is 28.4. The van der Waals surface area contributed by atoms with Gasteiger partial charge in [0.15, 0.2) is 5.78 Å². The highest BCUT2D eigenvalue weighted by Gasteiger charge is 2.39. The van der Waals surface area contributed by atoms with Gasteiger partial charge >= 0.3 is 0 Å². The van der Waals surface area contributed by atoms with Crippen molar-refractivity contribution in [3.63, 3.8) is 0 Å². The molecule has 0 radical (unpaired) electrons. The molecule has 1 aromatic rings.